The van der Waals surface area contributed by atoms with Crippen molar-refractivity contribution in [2.75, 3.05) is 13.2 Å². The lowest BCUT2D eigenvalue weighted by molar-refractivity contribution is -0.377. The van der Waals surface area contributed by atoms with Gasteiger partial charge in [0.2, 0.25) is 0 Å². The molecule has 1 aliphatic carbocycles. The molecule has 2 saturated heterocycles. The summed E-state index contributed by atoms with van der Waals surface area (Å²) in [5, 5.41) is 22.4. The van der Waals surface area contributed by atoms with Crippen molar-refractivity contribution in [1.29, 1.82) is 0 Å². The molecule has 2 N–H and O–H groups in total. The highest BCUT2D eigenvalue weighted by molar-refractivity contribution is 5.15. The Morgan fingerprint density at radius 2 is 1.47 bits per heavy atom. The molecular weight excluding hydrogens is 408 g/mol. The van der Waals surface area contributed by atoms with Crippen LogP contribution in [0.1, 0.15) is 30.9 Å². The second-order valence-corrected chi connectivity index (χ2v) is 9.69. The van der Waals surface area contributed by atoms with Crippen LogP contribution in [0.5, 0.6) is 0 Å². The average molecular weight is 441 g/mol. The molecule has 32 heavy (non-hydrogen) atoms. The summed E-state index contributed by atoms with van der Waals surface area (Å²) in [5.74, 6) is -1.89. The molecule has 0 spiro atoms. The molecule has 2 aromatic rings. The van der Waals surface area contributed by atoms with Crippen molar-refractivity contribution >= 4 is 0 Å². The van der Waals surface area contributed by atoms with Crippen LogP contribution in [0.3, 0.4) is 0 Å². The molecular formula is C26H32O6. The predicted octanol–water partition coefficient (Wildman–Crippen LogP) is 3.05. The van der Waals surface area contributed by atoms with Crippen molar-refractivity contribution in [3.63, 3.8) is 0 Å². The van der Waals surface area contributed by atoms with Gasteiger partial charge in [-0.25, -0.2) is 0 Å². The van der Waals surface area contributed by atoms with E-state index in [1.165, 1.54) is 0 Å². The Morgan fingerprint density at radius 1 is 0.875 bits per heavy atom. The summed E-state index contributed by atoms with van der Waals surface area (Å²) in [6.45, 7) is 3.30. The zero-order valence-electron chi connectivity index (χ0n) is 18.4. The minimum atomic E-state index is -1.46. The number of rotatable bonds is 6. The third-order valence-electron chi connectivity index (χ3n) is 7.05. The van der Waals surface area contributed by atoms with Crippen LogP contribution in [-0.4, -0.2) is 53.1 Å². The summed E-state index contributed by atoms with van der Waals surface area (Å²) in [6, 6.07) is 20.0. The van der Waals surface area contributed by atoms with Gasteiger partial charge in [-0.05, 0) is 24.5 Å². The molecule has 0 radical (unpaired) electrons. The van der Waals surface area contributed by atoms with Crippen molar-refractivity contribution in [3.05, 3.63) is 71.8 Å². The summed E-state index contributed by atoms with van der Waals surface area (Å²) in [7, 11) is 0. The Balaban J connectivity index is 1.34. The Kier molecular flexibility index (Phi) is 6.09. The summed E-state index contributed by atoms with van der Waals surface area (Å²) >= 11 is 0. The van der Waals surface area contributed by atoms with Crippen molar-refractivity contribution in [2.45, 2.75) is 62.7 Å². The summed E-state index contributed by atoms with van der Waals surface area (Å²) in [6.07, 6.45) is -0.172. The first-order chi connectivity index (χ1) is 15.4. The van der Waals surface area contributed by atoms with Crippen LogP contribution in [0.15, 0.2) is 60.7 Å². The molecule has 3 aliphatic rings. The maximum absolute atomic E-state index is 11.5. The van der Waals surface area contributed by atoms with E-state index in [9.17, 15) is 10.2 Å². The van der Waals surface area contributed by atoms with Crippen molar-refractivity contribution in [2.24, 2.45) is 11.8 Å². The normalized spacial score (nSPS) is 38.8. The van der Waals surface area contributed by atoms with E-state index in [-0.39, 0.29) is 43.2 Å². The van der Waals surface area contributed by atoms with Crippen LogP contribution in [-0.2, 0) is 32.2 Å². The Hall–Kier alpha value is -1.80. The van der Waals surface area contributed by atoms with E-state index >= 15 is 0 Å². The number of aliphatic hydroxyl groups is 2. The van der Waals surface area contributed by atoms with Crippen LogP contribution in [0.4, 0.5) is 0 Å². The van der Waals surface area contributed by atoms with Gasteiger partial charge in [-0.2, -0.15) is 0 Å². The molecule has 6 heteroatoms. The summed E-state index contributed by atoms with van der Waals surface area (Å²) in [5.41, 5.74) is 1.12. The van der Waals surface area contributed by atoms with Crippen LogP contribution >= 0.6 is 0 Å². The molecule has 0 aromatic heterocycles. The fourth-order valence-electron chi connectivity index (χ4n) is 5.68. The van der Waals surface area contributed by atoms with E-state index in [1.54, 1.807) is 6.92 Å². The quantitative estimate of drug-likeness (QED) is 0.719. The predicted molar refractivity (Wildman–Crippen MR) is 118 cm³/mol. The van der Waals surface area contributed by atoms with Gasteiger partial charge < -0.3 is 29.2 Å². The standard InChI is InChI=1S/C26H32O6/c1-25(27)12-20-21(29-13-18-8-4-2-5-9-18)15-31-24-22(16-32-26(28,17-25)23(20)24)30-14-19-10-6-3-7-11-19/h2-11,20-24,27-28H,12-17H2,1H3/t20-,21+,22+,23+,24-,25+,26-/m0/s1. The molecule has 0 amide bonds. The highest BCUT2D eigenvalue weighted by atomic mass is 16.7. The van der Waals surface area contributed by atoms with E-state index in [4.69, 9.17) is 18.9 Å². The van der Waals surface area contributed by atoms with E-state index < -0.39 is 11.4 Å². The van der Waals surface area contributed by atoms with E-state index in [1.807, 2.05) is 60.7 Å². The molecule has 2 aliphatic heterocycles. The van der Waals surface area contributed by atoms with Gasteiger partial charge in [0, 0.05) is 18.3 Å². The van der Waals surface area contributed by atoms with E-state index in [2.05, 4.69) is 0 Å². The van der Waals surface area contributed by atoms with E-state index in [0.717, 1.165) is 11.1 Å². The first kappa shape index (κ1) is 22.0. The largest absolute Gasteiger partial charge is 0.390 e. The fourth-order valence-corrected chi connectivity index (χ4v) is 5.68. The smallest absolute Gasteiger partial charge is 0.174 e. The number of hydrogen-bond donors (Lipinski definition) is 2. The minimum Gasteiger partial charge on any atom is -0.390 e. The first-order valence-electron chi connectivity index (χ1n) is 11.4. The van der Waals surface area contributed by atoms with Gasteiger partial charge in [0.15, 0.2) is 5.79 Å². The number of ether oxygens (including phenoxy) is 4. The second-order valence-electron chi connectivity index (χ2n) is 9.69. The van der Waals surface area contributed by atoms with Gasteiger partial charge in [0.05, 0.1) is 44.2 Å². The van der Waals surface area contributed by atoms with Crippen LogP contribution in [0.25, 0.3) is 0 Å². The maximum Gasteiger partial charge on any atom is 0.174 e. The first-order valence-corrected chi connectivity index (χ1v) is 11.4. The van der Waals surface area contributed by atoms with Crippen LogP contribution < -0.4 is 0 Å². The van der Waals surface area contributed by atoms with Gasteiger partial charge in [-0.15, -0.1) is 0 Å². The molecule has 3 fully saturated rings. The summed E-state index contributed by atoms with van der Waals surface area (Å²) in [4.78, 5) is 0. The molecule has 2 aromatic carbocycles. The van der Waals surface area contributed by atoms with Crippen molar-refractivity contribution < 1.29 is 29.2 Å². The molecule has 0 unspecified atom stereocenters. The molecule has 5 rings (SSSR count). The van der Waals surface area contributed by atoms with Gasteiger partial charge in [0.25, 0.3) is 0 Å². The molecule has 2 heterocycles. The zero-order chi connectivity index (χ0) is 22.2. The van der Waals surface area contributed by atoms with Crippen molar-refractivity contribution in [3.8, 4) is 0 Å². The van der Waals surface area contributed by atoms with Gasteiger partial charge in [-0.1, -0.05) is 60.7 Å². The van der Waals surface area contributed by atoms with E-state index in [0.29, 0.717) is 26.2 Å². The lowest BCUT2D eigenvalue weighted by Crippen LogP contribution is -2.70. The Morgan fingerprint density at radius 3 is 2.09 bits per heavy atom. The third-order valence-corrected chi connectivity index (χ3v) is 7.05. The average Bonchev–Trinajstić information content (AvgIpc) is 2.78. The maximum atomic E-state index is 11.5. The van der Waals surface area contributed by atoms with Gasteiger partial charge in [-0.3, -0.25) is 0 Å². The fraction of sp³-hybridized carbons (Fsp3) is 0.538. The van der Waals surface area contributed by atoms with Gasteiger partial charge in [0.1, 0.15) is 6.10 Å². The monoisotopic (exact) mass is 440 g/mol. The lowest BCUT2D eigenvalue weighted by Gasteiger charge is -2.59. The SMILES string of the molecule is C[C@@]1(O)C[C@@H]2[C@@H]3[C@@H](OC[C@H]2OCc2ccccc2)[C@H](OCc2ccccc2)CO[C@@]3(O)C1. The Labute approximate surface area is 189 Å². The van der Waals surface area contributed by atoms with Gasteiger partial charge >= 0.3 is 0 Å². The van der Waals surface area contributed by atoms with Crippen LogP contribution in [0.2, 0.25) is 0 Å². The molecule has 1 saturated carbocycles. The molecule has 0 bridgehead atoms. The zero-order valence-corrected chi connectivity index (χ0v) is 18.4. The third kappa shape index (κ3) is 4.49. The van der Waals surface area contributed by atoms with Crippen molar-refractivity contribution in [1.82, 2.24) is 0 Å². The summed E-state index contributed by atoms with van der Waals surface area (Å²) < 4.78 is 24.7. The highest BCUT2D eigenvalue weighted by Crippen LogP contribution is 2.52. The number of benzene rings is 2. The number of hydrogen-bond acceptors (Lipinski definition) is 6. The Bertz CT molecular complexity index is 888. The lowest BCUT2D eigenvalue weighted by atomic mass is 9.62. The minimum absolute atomic E-state index is 0.102. The second kappa shape index (κ2) is 8.86. The van der Waals surface area contributed by atoms with Crippen LogP contribution in [0, 0.1) is 11.8 Å². The molecule has 172 valence electrons. The molecule has 7 atom stereocenters. The highest BCUT2D eigenvalue weighted by Gasteiger charge is 2.63. The topological polar surface area (TPSA) is 77.4 Å². The molecule has 6 nitrogen and oxygen atoms in total.